The Kier molecular flexibility index (Phi) is 4.02. The zero-order chi connectivity index (χ0) is 15.4. The minimum atomic E-state index is 0.662. The van der Waals surface area contributed by atoms with E-state index in [1.54, 1.807) is 0 Å². The molecule has 0 unspecified atom stereocenters. The highest BCUT2D eigenvalue weighted by atomic mass is 15.0. The number of nitrogens with zero attached hydrogens (tertiary/aromatic N) is 3. The maximum atomic E-state index is 8.84. The van der Waals surface area contributed by atoms with Crippen molar-refractivity contribution in [1.29, 1.82) is 5.26 Å². The van der Waals surface area contributed by atoms with Gasteiger partial charge in [0.15, 0.2) is 0 Å². The fourth-order valence-corrected chi connectivity index (χ4v) is 2.45. The zero-order valence-corrected chi connectivity index (χ0v) is 12.5. The van der Waals surface area contributed by atoms with Gasteiger partial charge >= 0.3 is 0 Å². The molecule has 0 aliphatic heterocycles. The molecule has 0 N–H and O–H groups in total. The topological polar surface area (TPSA) is 41.6 Å². The Morgan fingerprint density at radius 3 is 2.41 bits per heavy atom. The SMILES string of the molecule is CCCc1ccc(-n2cnc(-c3ccc(C#N)cc3)c2)cc1. The summed E-state index contributed by atoms with van der Waals surface area (Å²) in [7, 11) is 0. The highest BCUT2D eigenvalue weighted by molar-refractivity contribution is 5.60. The lowest BCUT2D eigenvalue weighted by Gasteiger charge is -2.03. The summed E-state index contributed by atoms with van der Waals surface area (Å²) in [5.41, 5.74) is 5.04. The Labute approximate surface area is 130 Å². The quantitative estimate of drug-likeness (QED) is 0.715. The Morgan fingerprint density at radius 1 is 1.05 bits per heavy atom. The second kappa shape index (κ2) is 6.28. The van der Waals surface area contributed by atoms with Gasteiger partial charge in [-0.3, -0.25) is 0 Å². The van der Waals surface area contributed by atoms with Crippen LogP contribution in [0.4, 0.5) is 0 Å². The van der Waals surface area contributed by atoms with Gasteiger partial charge in [-0.25, -0.2) is 4.98 Å². The van der Waals surface area contributed by atoms with Crippen molar-refractivity contribution in [3.63, 3.8) is 0 Å². The van der Waals surface area contributed by atoms with Crippen molar-refractivity contribution in [3.05, 3.63) is 72.2 Å². The van der Waals surface area contributed by atoms with Crippen LogP contribution in [-0.2, 0) is 6.42 Å². The summed E-state index contributed by atoms with van der Waals surface area (Å²) in [5, 5.41) is 8.84. The highest BCUT2D eigenvalue weighted by Gasteiger charge is 2.04. The van der Waals surface area contributed by atoms with Gasteiger partial charge < -0.3 is 4.57 Å². The number of aryl methyl sites for hydroxylation is 1. The number of hydrogen-bond acceptors (Lipinski definition) is 2. The van der Waals surface area contributed by atoms with Crippen molar-refractivity contribution in [3.8, 4) is 23.0 Å². The van der Waals surface area contributed by atoms with Gasteiger partial charge in [-0.1, -0.05) is 37.6 Å². The molecule has 0 spiro atoms. The third-order valence-corrected chi connectivity index (χ3v) is 3.67. The fourth-order valence-electron chi connectivity index (χ4n) is 2.45. The predicted molar refractivity (Wildman–Crippen MR) is 87.7 cm³/mol. The van der Waals surface area contributed by atoms with E-state index < -0.39 is 0 Å². The first-order valence-electron chi connectivity index (χ1n) is 7.44. The van der Waals surface area contributed by atoms with Crippen LogP contribution in [0.1, 0.15) is 24.5 Å². The van der Waals surface area contributed by atoms with Crippen molar-refractivity contribution in [2.75, 3.05) is 0 Å². The lowest BCUT2D eigenvalue weighted by molar-refractivity contribution is 0.919. The first-order valence-corrected chi connectivity index (χ1v) is 7.44. The van der Waals surface area contributed by atoms with E-state index in [9.17, 15) is 0 Å². The van der Waals surface area contributed by atoms with E-state index in [1.165, 1.54) is 5.56 Å². The third-order valence-electron chi connectivity index (χ3n) is 3.67. The fraction of sp³-hybridized carbons (Fsp3) is 0.158. The second-order valence-electron chi connectivity index (χ2n) is 5.27. The zero-order valence-electron chi connectivity index (χ0n) is 12.5. The van der Waals surface area contributed by atoms with Crippen LogP contribution in [0, 0.1) is 11.3 Å². The van der Waals surface area contributed by atoms with E-state index in [0.29, 0.717) is 5.56 Å². The molecule has 3 aromatic rings. The first kappa shape index (κ1) is 14.1. The summed E-state index contributed by atoms with van der Waals surface area (Å²) in [6, 6.07) is 18.2. The maximum absolute atomic E-state index is 8.84. The molecule has 2 aromatic carbocycles. The number of nitriles is 1. The van der Waals surface area contributed by atoms with Gasteiger partial charge in [-0.15, -0.1) is 0 Å². The molecule has 0 fully saturated rings. The number of aromatic nitrogens is 2. The van der Waals surface area contributed by atoms with Gasteiger partial charge in [0.1, 0.15) is 0 Å². The van der Waals surface area contributed by atoms with Gasteiger partial charge in [0.2, 0.25) is 0 Å². The van der Waals surface area contributed by atoms with Gasteiger partial charge in [0.25, 0.3) is 0 Å². The molecule has 0 aliphatic carbocycles. The van der Waals surface area contributed by atoms with Crippen molar-refractivity contribution < 1.29 is 0 Å². The lowest BCUT2D eigenvalue weighted by atomic mass is 10.1. The first-order chi connectivity index (χ1) is 10.8. The number of hydrogen-bond donors (Lipinski definition) is 0. The molecule has 0 aliphatic rings. The van der Waals surface area contributed by atoms with Crippen LogP contribution in [0.5, 0.6) is 0 Å². The van der Waals surface area contributed by atoms with Crippen LogP contribution >= 0.6 is 0 Å². The number of imidazole rings is 1. The minimum absolute atomic E-state index is 0.662. The van der Waals surface area contributed by atoms with E-state index in [1.807, 2.05) is 41.4 Å². The Bertz CT molecular complexity index is 790. The van der Waals surface area contributed by atoms with Crippen molar-refractivity contribution in [2.24, 2.45) is 0 Å². The molecule has 0 saturated carbocycles. The molecule has 3 heteroatoms. The molecule has 0 bridgehead atoms. The number of rotatable bonds is 4. The van der Waals surface area contributed by atoms with E-state index in [0.717, 1.165) is 29.8 Å². The Hall–Kier alpha value is -2.86. The molecule has 0 amide bonds. The van der Waals surface area contributed by atoms with E-state index in [-0.39, 0.29) is 0 Å². The lowest BCUT2D eigenvalue weighted by Crippen LogP contribution is -1.90. The Morgan fingerprint density at radius 2 is 1.77 bits per heavy atom. The van der Waals surface area contributed by atoms with E-state index >= 15 is 0 Å². The van der Waals surface area contributed by atoms with Crippen molar-refractivity contribution in [1.82, 2.24) is 9.55 Å². The van der Waals surface area contributed by atoms with Gasteiger partial charge in [-0.05, 0) is 36.2 Å². The second-order valence-corrected chi connectivity index (χ2v) is 5.27. The third kappa shape index (κ3) is 2.91. The standard InChI is InChI=1S/C19H17N3/c1-2-3-15-6-10-18(11-7-15)22-13-19(21-14-22)17-8-4-16(12-20)5-9-17/h4-11,13-14H,2-3H2,1H3. The highest BCUT2D eigenvalue weighted by Crippen LogP contribution is 2.20. The minimum Gasteiger partial charge on any atom is -0.306 e. The van der Waals surface area contributed by atoms with Crippen molar-refractivity contribution >= 4 is 0 Å². The van der Waals surface area contributed by atoms with Crippen LogP contribution in [0.3, 0.4) is 0 Å². The number of benzene rings is 2. The van der Waals surface area contributed by atoms with E-state index in [4.69, 9.17) is 5.26 Å². The summed E-state index contributed by atoms with van der Waals surface area (Å²) in [6.07, 6.45) is 6.10. The molecule has 3 rings (SSSR count). The molecule has 0 atom stereocenters. The summed E-state index contributed by atoms with van der Waals surface area (Å²) >= 11 is 0. The normalized spacial score (nSPS) is 10.4. The van der Waals surface area contributed by atoms with Crippen LogP contribution in [-0.4, -0.2) is 9.55 Å². The van der Waals surface area contributed by atoms with Gasteiger partial charge in [0, 0.05) is 17.4 Å². The average molecular weight is 287 g/mol. The van der Waals surface area contributed by atoms with Crippen LogP contribution in [0.25, 0.3) is 16.9 Å². The molecule has 1 heterocycles. The van der Waals surface area contributed by atoms with Gasteiger partial charge in [0.05, 0.1) is 23.7 Å². The maximum Gasteiger partial charge on any atom is 0.0999 e. The summed E-state index contributed by atoms with van der Waals surface area (Å²) < 4.78 is 2.02. The van der Waals surface area contributed by atoms with Crippen LogP contribution in [0.15, 0.2) is 61.1 Å². The smallest absolute Gasteiger partial charge is 0.0999 e. The molecule has 108 valence electrons. The van der Waals surface area contributed by atoms with Crippen LogP contribution < -0.4 is 0 Å². The predicted octanol–water partition coefficient (Wildman–Crippen LogP) is 4.36. The molecule has 0 saturated heterocycles. The molecule has 22 heavy (non-hydrogen) atoms. The van der Waals surface area contributed by atoms with Crippen LogP contribution in [0.2, 0.25) is 0 Å². The summed E-state index contributed by atoms with van der Waals surface area (Å²) in [6.45, 7) is 2.19. The molecule has 0 radical (unpaired) electrons. The largest absolute Gasteiger partial charge is 0.306 e. The molecule has 3 nitrogen and oxygen atoms in total. The van der Waals surface area contributed by atoms with E-state index in [2.05, 4.69) is 42.2 Å². The monoisotopic (exact) mass is 287 g/mol. The van der Waals surface area contributed by atoms with Crippen molar-refractivity contribution in [2.45, 2.75) is 19.8 Å². The average Bonchev–Trinajstić information content (AvgIpc) is 3.06. The summed E-state index contributed by atoms with van der Waals surface area (Å²) in [4.78, 5) is 4.46. The molecular weight excluding hydrogens is 270 g/mol. The summed E-state index contributed by atoms with van der Waals surface area (Å²) in [5.74, 6) is 0. The molecular formula is C19H17N3. The molecule has 1 aromatic heterocycles. The Balaban J connectivity index is 1.85. The van der Waals surface area contributed by atoms with Gasteiger partial charge in [-0.2, -0.15) is 5.26 Å².